The Morgan fingerprint density at radius 3 is 2.55 bits per heavy atom. The fourth-order valence-corrected chi connectivity index (χ4v) is 2.12. The maximum absolute atomic E-state index is 11.7. The number of hydrogen-bond donors (Lipinski definition) is 2. The average molecular weight is 277 g/mol. The topological polar surface area (TPSA) is 58.6 Å². The highest BCUT2D eigenvalue weighted by Crippen LogP contribution is 2.17. The third-order valence-corrected chi connectivity index (χ3v) is 3.16. The number of benzene rings is 1. The van der Waals surface area contributed by atoms with Crippen molar-refractivity contribution in [2.24, 2.45) is 5.92 Å². The van der Waals surface area contributed by atoms with Crippen molar-refractivity contribution in [1.29, 1.82) is 0 Å². The summed E-state index contributed by atoms with van der Waals surface area (Å²) in [7, 11) is 1.68. The van der Waals surface area contributed by atoms with Crippen LogP contribution in [0.25, 0.3) is 0 Å². The van der Waals surface area contributed by atoms with Crippen molar-refractivity contribution >= 4 is 5.91 Å². The van der Waals surface area contributed by atoms with Crippen LogP contribution in [0.15, 0.2) is 36.1 Å². The Hall–Kier alpha value is -1.81. The number of ether oxygens (including phenoxy) is 1. The van der Waals surface area contributed by atoms with Crippen molar-refractivity contribution in [3.05, 3.63) is 47.2 Å². The van der Waals surface area contributed by atoms with Crippen LogP contribution in [0.4, 0.5) is 0 Å². The van der Waals surface area contributed by atoms with Crippen LogP contribution < -0.4 is 5.32 Å². The van der Waals surface area contributed by atoms with Gasteiger partial charge in [0.2, 0.25) is 0 Å². The van der Waals surface area contributed by atoms with Gasteiger partial charge < -0.3 is 15.2 Å². The highest BCUT2D eigenvalue weighted by molar-refractivity contribution is 5.94. The Morgan fingerprint density at radius 1 is 1.40 bits per heavy atom. The van der Waals surface area contributed by atoms with Crippen LogP contribution in [0.1, 0.15) is 29.8 Å². The predicted molar refractivity (Wildman–Crippen MR) is 79.5 cm³/mol. The van der Waals surface area contributed by atoms with Gasteiger partial charge in [0.15, 0.2) is 0 Å². The van der Waals surface area contributed by atoms with Crippen LogP contribution in [0.2, 0.25) is 0 Å². The Labute approximate surface area is 120 Å². The molecule has 0 aliphatic carbocycles. The lowest BCUT2D eigenvalue weighted by Crippen LogP contribution is -2.26. The molecule has 4 nitrogen and oxygen atoms in total. The van der Waals surface area contributed by atoms with Crippen LogP contribution >= 0.6 is 0 Å². The number of hydrogen-bond acceptors (Lipinski definition) is 3. The van der Waals surface area contributed by atoms with Gasteiger partial charge in [-0.1, -0.05) is 19.1 Å². The number of amides is 1. The molecule has 1 atom stereocenters. The van der Waals surface area contributed by atoms with Crippen molar-refractivity contribution in [3.8, 4) is 0 Å². The Kier molecular flexibility index (Phi) is 6.81. The molecular formula is C16H23NO3. The lowest BCUT2D eigenvalue weighted by molar-refractivity contribution is 0.0945. The van der Waals surface area contributed by atoms with Gasteiger partial charge >= 0.3 is 0 Å². The minimum atomic E-state index is -0.162. The minimum Gasteiger partial charge on any atom is -0.501 e. The molecular weight excluding hydrogens is 254 g/mol. The molecule has 1 unspecified atom stereocenters. The molecule has 0 saturated carbocycles. The number of methoxy groups -OCH3 is 1. The molecule has 4 heteroatoms. The zero-order valence-electron chi connectivity index (χ0n) is 12.3. The van der Waals surface area contributed by atoms with Gasteiger partial charge in [-0.15, -0.1) is 0 Å². The van der Waals surface area contributed by atoms with Crippen molar-refractivity contribution < 1.29 is 14.6 Å². The van der Waals surface area contributed by atoms with E-state index in [0.717, 1.165) is 17.7 Å². The standard InChI is InChI=1S/C16H23NO3/c1-4-15(20-3)12(2)11-13-5-7-14(8-6-13)16(19)17-9-10-18/h4-8,12,18H,9-11H2,1-3H3,(H,17,19)/b15-4+. The summed E-state index contributed by atoms with van der Waals surface area (Å²) in [5, 5.41) is 11.3. The number of carbonyl (C=O) groups excluding carboxylic acids is 1. The highest BCUT2D eigenvalue weighted by Gasteiger charge is 2.10. The summed E-state index contributed by atoms with van der Waals surface area (Å²) in [6.45, 7) is 4.30. The van der Waals surface area contributed by atoms with Crippen molar-refractivity contribution in [1.82, 2.24) is 5.32 Å². The zero-order valence-corrected chi connectivity index (χ0v) is 12.3. The molecule has 0 aliphatic rings. The maximum Gasteiger partial charge on any atom is 0.251 e. The molecule has 0 aliphatic heterocycles. The van der Waals surface area contributed by atoms with E-state index >= 15 is 0 Å². The summed E-state index contributed by atoms with van der Waals surface area (Å²) in [5.74, 6) is 1.11. The molecule has 0 fully saturated rings. The lowest BCUT2D eigenvalue weighted by Gasteiger charge is -2.14. The number of aliphatic hydroxyl groups is 1. The molecule has 0 bridgehead atoms. The Balaban J connectivity index is 2.65. The molecule has 0 radical (unpaired) electrons. The second-order valence-corrected chi connectivity index (χ2v) is 4.68. The van der Waals surface area contributed by atoms with Gasteiger partial charge in [0.25, 0.3) is 5.91 Å². The normalized spacial score (nSPS) is 12.9. The quantitative estimate of drug-likeness (QED) is 0.751. The summed E-state index contributed by atoms with van der Waals surface area (Å²) < 4.78 is 5.31. The minimum absolute atomic E-state index is 0.0511. The molecule has 2 N–H and O–H groups in total. The summed E-state index contributed by atoms with van der Waals surface area (Å²) in [4.78, 5) is 11.7. The van der Waals surface area contributed by atoms with Gasteiger partial charge in [-0.3, -0.25) is 4.79 Å². The van der Waals surface area contributed by atoms with Crippen LogP contribution in [0.3, 0.4) is 0 Å². The fourth-order valence-electron chi connectivity index (χ4n) is 2.12. The molecule has 110 valence electrons. The van der Waals surface area contributed by atoms with E-state index in [2.05, 4.69) is 12.2 Å². The van der Waals surface area contributed by atoms with E-state index in [-0.39, 0.29) is 19.1 Å². The molecule has 0 aromatic heterocycles. The number of nitrogens with one attached hydrogen (secondary N) is 1. The number of rotatable bonds is 7. The first-order valence-corrected chi connectivity index (χ1v) is 6.80. The lowest BCUT2D eigenvalue weighted by atomic mass is 9.98. The Morgan fingerprint density at radius 2 is 2.05 bits per heavy atom. The van der Waals surface area contributed by atoms with E-state index in [0.29, 0.717) is 11.5 Å². The SMILES string of the molecule is C/C=C(/OC)C(C)Cc1ccc(C(=O)NCCO)cc1. The summed E-state index contributed by atoms with van der Waals surface area (Å²) in [5.41, 5.74) is 1.76. The number of aliphatic hydroxyl groups excluding tert-OH is 1. The van der Waals surface area contributed by atoms with E-state index in [1.54, 1.807) is 19.2 Å². The van der Waals surface area contributed by atoms with Gasteiger partial charge in [0.05, 0.1) is 19.5 Å². The fraction of sp³-hybridized carbons (Fsp3) is 0.438. The molecule has 1 aromatic carbocycles. The molecule has 0 heterocycles. The largest absolute Gasteiger partial charge is 0.501 e. The van der Waals surface area contributed by atoms with Gasteiger partial charge in [-0.25, -0.2) is 0 Å². The van der Waals surface area contributed by atoms with Gasteiger partial charge in [-0.05, 0) is 37.1 Å². The second-order valence-electron chi connectivity index (χ2n) is 4.68. The van der Waals surface area contributed by atoms with Crippen LogP contribution in [-0.2, 0) is 11.2 Å². The predicted octanol–water partition coefficient (Wildman–Crippen LogP) is 2.14. The van der Waals surface area contributed by atoms with E-state index in [9.17, 15) is 4.79 Å². The first-order valence-electron chi connectivity index (χ1n) is 6.80. The van der Waals surface area contributed by atoms with Crippen LogP contribution in [0.5, 0.6) is 0 Å². The van der Waals surface area contributed by atoms with E-state index < -0.39 is 0 Å². The molecule has 20 heavy (non-hydrogen) atoms. The molecule has 1 rings (SSSR count). The van der Waals surface area contributed by atoms with E-state index in [1.165, 1.54) is 0 Å². The van der Waals surface area contributed by atoms with Crippen LogP contribution in [0, 0.1) is 5.92 Å². The third-order valence-electron chi connectivity index (χ3n) is 3.16. The van der Waals surface area contributed by atoms with Crippen LogP contribution in [-0.4, -0.2) is 31.3 Å². The summed E-state index contributed by atoms with van der Waals surface area (Å²) in [6, 6.07) is 7.51. The zero-order chi connectivity index (χ0) is 15.0. The van der Waals surface area contributed by atoms with Crippen molar-refractivity contribution in [2.45, 2.75) is 20.3 Å². The summed E-state index contributed by atoms with van der Waals surface area (Å²) in [6.07, 6.45) is 2.84. The van der Waals surface area contributed by atoms with E-state index in [1.807, 2.05) is 25.1 Å². The van der Waals surface area contributed by atoms with Gasteiger partial charge in [0.1, 0.15) is 0 Å². The molecule has 0 saturated heterocycles. The van der Waals surface area contributed by atoms with Crippen molar-refractivity contribution in [2.75, 3.05) is 20.3 Å². The molecule has 1 amide bonds. The Bertz CT molecular complexity index is 451. The molecule has 1 aromatic rings. The second kappa shape index (κ2) is 8.38. The first kappa shape index (κ1) is 16.2. The van der Waals surface area contributed by atoms with Gasteiger partial charge in [-0.2, -0.15) is 0 Å². The van der Waals surface area contributed by atoms with Crippen molar-refractivity contribution in [3.63, 3.8) is 0 Å². The average Bonchev–Trinajstić information content (AvgIpc) is 2.46. The monoisotopic (exact) mass is 277 g/mol. The van der Waals surface area contributed by atoms with Gasteiger partial charge in [0, 0.05) is 18.0 Å². The first-order chi connectivity index (χ1) is 9.62. The number of allylic oxidation sites excluding steroid dienone is 2. The molecule has 0 spiro atoms. The smallest absolute Gasteiger partial charge is 0.251 e. The summed E-state index contributed by atoms with van der Waals surface area (Å²) >= 11 is 0. The number of carbonyl (C=O) groups is 1. The maximum atomic E-state index is 11.7. The third kappa shape index (κ3) is 4.70. The van der Waals surface area contributed by atoms with E-state index in [4.69, 9.17) is 9.84 Å². The highest BCUT2D eigenvalue weighted by atomic mass is 16.5.